The van der Waals surface area contributed by atoms with E-state index in [2.05, 4.69) is 20.8 Å². The summed E-state index contributed by atoms with van der Waals surface area (Å²) in [5.41, 5.74) is 2.89. The molecule has 3 N–H and O–H groups in total. The molecular formula is C12H13ClN4O. The Bertz CT molecular complexity index is 560. The second-order valence-electron chi connectivity index (χ2n) is 3.90. The van der Waals surface area contributed by atoms with E-state index in [1.165, 1.54) is 0 Å². The van der Waals surface area contributed by atoms with Gasteiger partial charge in [0, 0.05) is 10.7 Å². The molecule has 0 aliphatic rings. The van der Waals surface area contributed by atoms with Crippen LogP contribution in [0, 0.1) is 13.8 Å². The van der Waals surface area contributed by atoms with Gasteiger partial charge in [-0.15, -0.1) is 0 Å². The number of aromatic nitrogens is 2. The molecule has 0 aliphatic heterocycles. The van der Waals surface area contributed by atoms with Crippen LogP contribution >= 0.6 is 11.6 Å². The predicted octanol–water partition coefficient (Wildman–Crippen LogP) is 3.32. The third-order valence-electron chi connectivity index (χ3n) is 2.45. The van der Waals surface area contributed by atoms with Gasteiger partial charge in [0.1, 0.15) is 0 Å². The summed E-state index contributed by atoms with van der Waals surface area (Å²) in [4.78, 5) is 11.8. The largest absolute Gasteiger partial charge is 0.323 e. The number of nitrogens with one attached hydrogen (secondary N) is 3. The number of hydrogen-bond acceptors (Lipinski definition) is 2. The smallest absolute Gasteiger partial charge is 0.308 e. The minimum atomic E-state index is -0.329. The fourth-order valence-electron chi connectivity index (χ4n) is 1.58. The Morgan fingerprint density at radius 3 is 2.72 bits per heavy atom. The predicted molar refractivity (Wildman–Crippen MR) is 72.2 cm³/mol. The van der Waals surface area contributed by atoms with Crippen molar-refractivity contribution in [2.75, 3.05) is 10.6 Å². The Kier molecular flexibility index (Phi) is 3.53. The number of H-pyrrole nitrogens is 1. The maximum Gasteiger partial charge on any atom is 0.323 e. The molecule has 0 aliphatic carbocycles. The number of halogens is 1. The number of rotatable bonds is 2. The van der Waals surface area contributed by atoms with Crippen molar-refractivity contribution >= 4 is 29.0 Å². The molecule has 5 nitrogen and oxygen atoms in total. The van der Waals surface area contributed by atoms with Crippen molar-refractivity contribution in [3.8, 4) is 0 Å². The molecule has 2 rings (SSSR count). The van der Waals surface area contributed by atoms with Gasteiger partial charge in [0.15, 0.2) is 0 Å². The number of nitrogens with zero attached hydrogens (tertiary/aromatic N) is 1. The van der Waals surface area contributed by atoms with E-state index in [0.717, 1.165) is 11.4 Å². The summed E-state index contributed by atoms with van der Waals surface area (Å²) in [6.45, 7) is 3.66. The molecular weight excluding hydrogens is 252 g/mol. The molecule has 0 atom stereocenters. The van der Waals surface area contributed by atoms with E-state index in [1.54, 1.807) is 24.3 Å². The molecule has 94 valence electrons. The first-order valence-electron chi connectivity index (χ1n) is 5.41. The molecule has 0 spiro atoms. The zero-order valence-corrected chi connectivity index (χ0v) is 10.8. The highest BCUT2D eigenvalue weighted by molar-refractivity contribution is 6.30. The lowest BCUT2D eigenvalue weighted by molar-refractivity contribution is 0.262. The van der Waals surface area contributed by atoms with Crippen LogP contribution in [0.15, 0.2) is 24.3 Å². The van der Waals surface area contributed by atoms with Gasteiger partial charge >= 0.3 is 6.03 Å². The second kappa shape index (κ2) is 5.10. The number of anilines is 2. The maximum absolute atomic E-state index is 11.8. The van der Waals surface area contributed by atoms with Gasteiger partial charge in [-0.25, -0.2) is 4.79 Å². The number of carbonyl (C=O) groups is 1. The molecule has 2 aromatic rings. The molecule has 2 amide bonds. The minimum Gasteiger partial charge on any atom is -0.308 e. The summed E-state index contributed by atoms with van der Waals surface area (Å²) < 4.78 is 0. The van der Waals surface area contributed by atoms with E-state index in [4.69, 9.17) is 11.6 Å². The molecule has 1 heterocycles. The third-order valence-corrected chi connectivity index (χ3v) is 2.68. The normalized spacial score (nSPS) is 10.2. The van der Waals surface area contributed by atoms with Gasteiger partial charge < -0.3 is 10.6 Å². The molecule has 1 aromatic carbocycles. The lowest BCUT2D eigenvalue weighted by Gasteiger charge is -2.07. The maximum atomic E-state index is 11.8. The Morgan fingerprint density at radius 1 is 1.33 bits per heavy atom. The second-order valence-corrected chi connectivity index (χ2v) is 4.33. The van der Waals surface area contributed by atoms with Crippen molar-refractivity contribution in [1.29, 1.82) is 0 Å². The zero-order chi connectivity index (χ0) is 13.1. The van der Waals surface area contributed by atoms with E-state index in [0.29, 0.717) is 16.4 Å². The van der Waals surface area contributed by atoms with Gasteiger partial charge in [-0.2, -0.15) is 5.10 Å². The number of aromatic amines is 1. The van der Waals surface area contributed by atoms with Crippen LogP contribution in [-0.4, -0.2) is 16.2 Å². The highest BCUT2D eigenvalue weighted by Gasteiger charge is 2.10. The van der Waals surface area contributed by atoms with Gasteiger partial charge in [-0.3, -0.25) is 5.10 Å². The standard InChI is InChI=1S/C12H13ClN4O/c1-7-11(8(2)17-16-7)15-12(18)14-10-5-3-4-9(13)6-10/h3-6H,1-2H3,(H,16,17)(H2,14,15,18). The van der Waals surface area contributed by atoms with E-state index in [1.807, 2.05) is 13.8 Å². The Hall–Kier alpha value is -2.01. The highest BCUT2D eigenvalue weighted by Crippen LogP contribution is 2.18. The van der Waals surface area contributed by atoms with Crippen LogP contribution in [0.1, 0.15) is 11.4 Å². The fraction of sp³-hybridized carbons (Fsp3) is 0.167. The van der Waals surface area contributed by atoms with Crippen LogP contribution in [0.4, 0.5) is 16.2 Å². The SMILES string of the molecule is Cc1n[nH]c(C)c1NC(=O)Nc1cccc(Cl)c1. The molecule has 0 bridgehead atoms. The quantitative estimate of drug-likeness (QED) is 0.779. The number of aryl methyl sites for hydroxylation is 2. The summed E-state index contributed by atoms with van der Waals surface area (Å²) in [5, 5.41) is 12.8. The van der Waals surface area contributed by atoms with E-state index < -0.39 is 0 Å². The van der Waals surface area contributed by atoms with Crippen molar-refractivity contribution in [3.05, 3.63) is 40.7 Å². The lowest BCUT2D eigenvalue weighted by Crippen LogP contribution is -2.20. The number of benzene rings is 1. The Labute approximate surface area is 110 Å². The molecule has 1 aromatic heterocycles. The fourth-order valence-corrected chi connectivity index (χ4v) is 1.77. The van der Waals surface area contributed by atoms with Crippen molar-refractivity contribution in [2.45, 2.75) is 13.8 Å². The van der Waals surface area contributed by atoms with Crippen LogP contribution in [-0.2, 0) is 0 Å². The number of carbonyl (C=O) groups excluding carboxylic acids is 1. The van der Waals surface area contributed by atoms with E-state index in [-0.39, 0.29) is 6.03 Å². The molecule has 18 heavy (non-hydrogen) atoms. The van der Waals surface area contributed by atoms with Crippen LogP contribution < -0.4 is 10.6 Å². The Morgan fingerprint density at radius 2 is 2.11 bits per heavy atom. The van der Waals surface area contributed by atoms with Crippen LogP contribution in [0.3, 0.4) is 0 Å². The third kappa shape index (κ3) is 2.81. The molecule has 0 unspecified atom stereocenters. The lowest BCUT2D eigenvalue weighted by atomic mass is 10.3. The highest BCUT2D eigenvalue weighted by atomic mass is 35.5. The van der Waals surface area contributed by atoms with Gasteiger partial charge in [0.2, 0.25) is 0 Å². The zero-order valence-electron chi connectivity index (χ0n) is 10.0. The first kappa shape index (κ1) is 12.4. The Balaban J connectivity index is 2.06. The van der Waals surface area contributed by atoms with Crippen molar-refractivity contribution in [2.24, 2.45) is 0 Å². The van der Waals surface area contributed by atoms with Crippen LogP contribution in [0.5, 0.6) is 0 Å². The van der Waals surface area contributed by atoms with Gasteiger partial charge in [-0.05, 0) is 32.0 Å². The van der Waals surface area contributed by atoms with E-state index in [9.17, 15) is 4.79 Å². The summed E-state index contributed by atoms with van der Waals surface area (Å²) in [7, 11) is 0. The van der Waals surface area contributed by atoms with Gasteiger partial charge in [-0.1, -0.05) is 17.7 Å². The molecule has 0 fully saturated rings. The molecule has 6 heteroatoms. The van der Waals surface area contributed by atoms with E-state index >= 15 is 0 Å². The first-order chi connectivity index (χ1) is 8.56. The first-order valence-corrected chi connectivity index (χ1v) is 5.79. The van der Waals surface area contributed by atoms with Gasteiger partial charge in [0.25, 0.3) is 0 Å². The molecule has 0 radical (unpaired) electrons. The van der Waals surface area contributed by atoms with Crippen LogP contribution in [0.2, 0.25) is 5.02 Å². The van der Waals surface area contributed by atoms with Gasteiger partial charge in [0.05, 0.1) is 17.1 Å². The summed E-state index contributed by atoms with van der Waals surface area (Å²) in [6, 6.07) is 6.63. The molecule has 0 saturated carbocycles. The average Bonchev–Trinajstić information content (AvgIpc) is 2.61. The minimum absolute atomic E-state index is 0.329. The van der Waals surface area contributed by atoms with Crippen molar-refractivity contribution in [3.63, 3.8) is 0 Å². The number of urea groups is 1. The number of hydrogen-bond donors (Lipinski definition) is 3. The summed E-state index contributed by atoms with van der Waals surface area (Å²) >= 11 is 5.83. The summed E-state index contributed by atoms with van der Waals surface area (Å²) in [5.74, 6) is 0. The monoisotopic (exact) mass is 264 g/mol. The van der Waals surface area contributed by atoms with Crippen molar-refractivity contribution in [1.82, 2.24) is 10.2 Å². The summed E-state index contributed by atoms with van der Waals surface area (Å²) in [6.07, 6.45) is 0. The van der Waals surface area contributed by atoms with Crippen LogP contribution in [0.25, 0.3) is 0 Å². The number of amides is 2. The topological polar surface area (TPSA) is 69.8 Å². The molecule has 0 saturated heterocycles. The van der Waals surface area contributed by atoms with Crippen molar-refractivity contribution < 1.29 is 4.79 Å². The average molecular weight is 265 g/mol.